The molecular formula is C14H20BrNO. The minimum Gasteiger partial charge on any atom is -0.396 e. The van der Waals surface area contributed by atoms with Gasteiger partial charge in [0.05, 0.1) is 0 Å². The van der Waals surface area contributed by atoms with Crippen molar-refractivity contribution in [2.24, 2.45) is 0 Å². The lowest BCUT2D eigenvalue weighted by atomic mass is 9.75. The van der Waals surface area contributed by atoms with E-state index >= 15 is 0 Å². The van der Waals surface area contributed by atoms with Crippen LogP contribution in [0.5, 0.6) is 0 Å². The summed E-state index contributed by atoms with van der Waals surface area (Å²) in [5.74, 6) is 0.685. The van der Waals surface area contributed by atoms with E-state index < -0.39 is 0 Å². The molecule has 3 heteroatoms. The van der Waals surface area contributed by atoms with Crippen LogP contribution in [0, 0.1) is 0 Å². The second-order valence-electron chi connectivity index (χ2n) is 4.97. The van der Waals surface area contributed by atoms with Gasteiger partial charge >= 0.3 is 0 Å². The first-order valence-electron chi connectivity index (χ1n) is 6.32. The highest BCUT2D eigenvalue weighted by molar-refractivity contribution is 9.10. The summed E-state index contributed by atoms with van der Waals surface area (Å²) in [6.07, 6.45) is 3.26. The summed E-state index contributed by atoms with van der Waals surface area (Å²) >= 11 is 3.61. The fourth-order valence-corrected chi connectivity index (χ4v) is 3.10. The van der Waals surface area contributed by atoms with E-state index in [1.54, 1.807) is 0 Å². The van der Waals surface area contributed by atoms with Gasteiger partial charge in [-0.25, -0.2) is 0 Å². The highest BCUT2D eigenvalue weighted by atomic mass is 79.9. The Morgan fingerprint density at radius 2 is 2.12 bits per heavy atom. The second-order valence-corrected chi connectivity index (χ2v) is 5.82. The van der Waals surface area contributed by atoms with E-state index in [2.05, 4.69) is 52.4 Å². The maximum absolute atomic E-state index is 8.86. The molecule has 0 amide bonds. The van der Waals surface area contributed by atoms with E-state index in [4.69, 9.17) is 5.11 Å². The zero-order chi connectivity index (χ0) is 12.3. The first-order chi connectivity index (χ1) is 8.20. The van der Waals surface area contributed by atoms with E-state index in [0.717, 1.165) is 6.42 Å². The van der Waals surface area contributed by atoms with Crippen molar-refractivity contribution in [3.05, 3.63) is 34.3 Å². The molecule has 1 aliphatic carbocycles. The van der Waals surface area contributed by atoms with Crippen molar-refractivity contribution in [2.75, 3.05) is 6.61 Å². The molecule has 0 heterocycles. The molecule has 17 heavy (non-hydrogen) atoms. The number of halogens is 1. The van der Waals surface area contributed by atoms with Crippen molar-refractivity contribution in [1.82, 2.24) is 5.32 Å². The van der Waals surface area contributed by atoms with Gasteiger partial charge < -0.3 is 10.4 Å². The molecule has 0 bridgehead atoms. The van der Waals surface area contributed by atoms with Gasteiger partial charge in [0.25, 0.3) is 0 Å². The summed E-state index contributed by atoms with van der Waals surface area (Å²) in [7, 11) is 0. The largest absolute Gasteiger partial charge is 0.396 e. The predicted molar refractivity (Wildman–Crippen MR) is 74.2 cm³/mol. The highest BCUT2D eigenvalue weighted by Crippen LogP contribution is 2.40. The molecule has 94 valence electrons. The molecule has 1 atom stereocenters. The van der Waals surface area contributed by atoms with Gasteiger partial charge in [0.15, 0.2) is 0 Å². The van der Waals surface area contributed by atoms with Crippen LogP contribution in [-0.4, -0.2) is 23.8 Å². The number of benzene rings is 1. The molecular weight excluding hydrogens is 278 g/mol. The van der Waals surface area contributed by atoms with Gasteiger partial charge in [0, 0.05) is 23.2 Å². The molecule has 1 saturated carbocycles. The lowest BCUT2D eigenvalue weighted by molar-refractivity contribution is 0.229. The summed E-state index contributed by atoms with van der Waals surface area (Å²) in [4.78, 5) is 0. The van der Waals surface area contributed by atoms with Gasteiger partial charge in [0.2, 0.25) is 0 Å². The van der Waals surface area contributed by atoms with Gasteiger partial charge in [-0.15, -0.1) is 0 Å². The van der Waals surface area contributed by atoms with Crippen molar-refractivity contribution in [2.45, 2.75) is 44.2 Å². The standard InChI is InChI=1S/C14H20BrNO/c1-10(6-7-17)16-12-8-11(9-12)13-4-2-3-5-14(13)15/h2-5,10-12,16-17H,6-9H2,1H3. The van der Waals surface area contributed by atoms with Crippen molar-refractivity contribution in [3.63, 3.8) is 0 Å². The van der Waals surface area contributed by atoms with Crippen LogP contribution in [0.25, 0.3) is 0 Å². The van der Waals surface area contributed by atoms with Crippen LogP contribution in [0.15, 0.2) is 28.7 Å². The third kappa shape index (κ3) is 3.30. The highest BCUT2D eigenvalue weighted by Gasteiger charge is 2.31. The van der Waals surface area contributed by atoms with Gasteiger partial charge in [0.1, 0.15) is 0 Å². The minimum atomic E-state index is 0.272. The quantitative estimate of drug-likeness (QED) is 0.875. The van der Waals surface area contributed by atoms with Crippen LogP contribution in [0.1, 0.15) is 37.7 Å². The molecule has 1 aromatic rings. The summed E-state index contributed by atoms with van der Waals surface area (Å²) in [6, 6.07) is 9.53. The monoisotopic (exact) mass is 297 g/mol. The lowest BCUT2D eigenvalue weighted by Gasteiger charge is -2.38. The van der Waals surface area contributed by atoms with E-state index in [-0.39, 0.29) is 6.61 Å². The molecule has 2 N–H and O–H groups in total. The first-order valence-corrected chi connectivity index (χ1v) is 7.11. The SMILES string of the molecule is CC(CCO)NC1CC(c2ccccc2Br)C1. The Kier molecular flexibility index (Phi) is 4.60. The van der Waals surface area contributed by atoms with E-state index in [9.17, 15) is 0 Å². The Morgan fingerprint density at radius 1 is 1.41 bits per heavy atom. The topological polar surface area (TPSA) is 32.3 Å². The van der Waals surface area contributed by atoms with Gasteiger partial charge in [-0.05, 0) is 43.7 Å². The zero-order valence-electron chi connectivity index (χ0n) is 10.2. The first kappa shape index (κ1) is 13.1. The number of aliphatic hydroxyl groups excluding tert-OH is 1. The Bertz CT molecular complexity index is 363. The van der Waals surface area contributed by atoms with Crippen LogP contribution in [0.3, 0.4) is 0 Å². The summed E-state index contributed by atoms with van der Waals surface area (Å²) in [5, 5.41) is 12.4. The van der Waals surface area contributed by atoms with Crippen LogP contribution >= 0.6 is 15.9 Å². The maximum atomic E-state index is 8.86. The smallest absolute Gasteiger partial charge is 0.0445 e. The van der Waals surface area contributed by atoms with Crippen molar-refractivity contribution in [3.8, 4) is 0 Å². The average molecular weight is 298 g/mol. The van der Waals surface area contributed by atoms with Crippen molar-refractivity contribution >= 4 is 15.9 Å². The lowest BCUT2D eigenvalue weighted by Crippen LogP contribution is -2.44. The Hall–Kier alpha value is -0.380. The molecule has 1 fully saturated rings. The van der Waals surface area contributed by atoms with Crippen LogP contribution in [0.4, 0.5) is 0 Å². The normalized spacial score (nSPS) is 25.4. The van der Waals surface area contributed by atoms with Crippen LogP contribution in [0.2, 0.25) is 0 Å². The number of aliphatic hydroxyl groups is 1. The molecule has 0 saturated heterocycles. The van der Waals surface area contributed by atoms with Crippen LogP contribution < -0.4 is 5.32 Å². The molecule has 0 aromatic heterocycles. The van der Waals surface area contributed by atoms with E-state index in [0.29, 0.717) is 18.0 Å². The van der Waals surface area contributed by atoms with Crippen molar-refractivity contribution in [1.29, 1.82) is 0 Å². The predicted octanol–water partition coefficient (Wildman–Crippen LogP) is 3.06. The number of hydrogen-bond acceptors (Lipinski definition) is 2. The fourth-order valence-electron chi connectivity index (χ4n) is 2.49. The zero-order valence-corrected chi connectivity index (χ0v) is 11.8. The van der Waals surface area contributed by atoms with Gasteiger partial charge in [-0.3, -0.25) is 0 Å². The van der Waals surface area contributed by atoms with E-state index in [1.165, 1.54) is 22.9 Å². The molecule has 0 radical (unpaired) electrons. The Balaban J connectivity index is 1.81. The molecule has 2 nitrogen and oxygen atoms in total. The van der Waals surface area contributed by atoms with Crippen molar-refractivity contribution < 1.29 is 5.11 Å². The molecule has 0 spiro atoms. The fraction of sp³-hybridized carbons (Fsp3) is 0.571. The molecule has 1 unspecified atom stereocenters. The number of nitrogens with one attached hydrogen (secondary N) is 1. The Morgan fingerprint density at radius 3 is 2.76 bits per heavy atom. The third-order valence-corrected chi connectivity index (χ3v) is 4.29. The molecule has 2 rings (SSSR count). The summed E-state index contributed by atoms with van der Waals surface area (Å²) < 4.78 is 1.23. The maximum Gasteiger partial charge on any atom is 0.0445 e. The summed E-state index contributed by atoms with van der Waals surface area (Å²) in [5.41, 5.74) is 1.43. The molecule has 1 aromatic carbocycles. The molecule has 1 aliphatic rings. The Labute approximate surface area is 112 Å². The summed E-state index contributed by atoms with van der Waals surface area (Å²) in [6.45, 7) is 2.41. The third-order valence-electron chi connectivity index (χ3n) is 3.57. The van der Waals surface area contributed by atoms with Gasteiger partial charge in [-0.2, -0.15) is 0 Å². The second kappa shape index (κ2) is 5.98. The average Bonchev–Trinajstić information content (AvgIpc) is 2.25. The van der Waals surface area contributed by atoms with Crippen LogP contribution in [-0.2, 0) is 0 Å². The minimum absolute atomic E-state index is 0.272. The number of rotatable bonds is 5. The number of hydrogen-bond donors (Lipinski definition) is 2. The molecule has 0 aliphatic heterocycles. The van der Waals surface area contributed by atoms with E-state index in [1.807, 2.05) is 0 Å². The van der Waals surface area contributed by atoms with Gasteiger partial charge in [-0.1, -0.05) is 34.1 Å².